The second kappa shape index (κ2) is 3.95. The maximum atomic E-state index is 10.4. The molecule has 60 valence electrons. The van der Waals surface area contributed by atoms with Crippen molar-refractivity contribution >= 4 is 26.9 Å². The molecule has 0 saturated heterocycles. The minimum atomic E-state index is -3.14. The fourth-order valence-corrected chi connectivity index (χ4v) is 1.53. The number of nitrogens with one attached hydrogen (secondary N) is 1. The third kappa shape index (κ3) is 7.93. The Kier molecular flexibility index (Phi) is 3.92. The van der Waals surface area contributed by atoms with Gasteiger partial charge in [-0.05, 0) is 0 Å². The summed E-state index contributed by atoms with van der Waals surface area (Å²) in [5.41, 5.74) is 0. The Bertz CT molecular complexity index is 209. The first-order chi connectivity index (χ1) is 4.42. The third-order valence-corrected chi connectivity index (χ3v) is 2.14. The lowest BCUT2D eigenvalue weighted by Gasteiger charge is -1.96. The topological polar surface area (TPSA) is 63.2 Å². The Labute approximate surface area is 64.4 Å². The molecule has 0 unspecified atom stereocenters. The lowest BCUT2D eigenvalue weighted by Crippen LogP contribution is -2.21. The van der Waals surface area contributed by atoms with Crippen LogP contribution in [0.2, 0.25) is 0 Å². The summed E-state index contributed by atoms with van der Waals surface area (Å²) in [6.07, 6.45) is 1.05. The van der Waals surface area contributed by atoms with E-state index in [0.29, 0.717) is 0 Å². The average Bonchev–Trinajstić information content (AvgIpc) is 1.59. The van der Waals surface area contributed by atoms with Crippen LogP contribution in [0.25, 0.3) is 0 Å². The number of hydrogen-bond acceptors (Lipinski definition) is 4. The number of rotatable bonds is 3. The van der Waals surface area contributed by atoms with E-state index in [1.165, 1.54) is 6.92 Å². The molecule has 0 aliphatic heterocycles. The molecule has 0 aliphatic carbocycles. The van der Waals surface area contributed by atoms with Crippen molar-refractivity contribution in [2.75, 3.05) is 12.1 Å². The number of hydrogen-bond donors (Lipinski definition) is 1. The standard InChI is InChI=1S/C4H9NO3S2/c1-4(6)9-3-5-10(2,7)8/h5H,3H2,1-2H3. The summed E-state index contributed by atoms with van der Waals surface area (Å²) in [4.78, 5) is 10.3. The number of sulfonamides is 1. The van der Waals surface area contributed by atoms with Crippen molar-refractivity contribution in [1.82, 2.24) is 4.72 Å². The van der Waals surface area contributed by atoms with E-state index in [1.807, 2.05) is 0 Å². The quantitative estimate of drug-likeness (QED) is 0.614. The maximum absolute atomic E-state index is 10.4. The van der Waals surface area contributed by atoms with E-state index in [-0.39, 0.29) is 11.0 Å². The predicted molar refractivity (Wildman–Crippen MR) is 41.1 cm³/mol. The van der Waals surface area contributed by atoms with E-state index >= 15 is 0 Å². The first kappa shape index (κ1) is 9.93. The first-order valence-electron chi connectivity index (χ1n) is 2.50. The van der Waals surface area contributed by atoms with Gasteiger partial charge >= 0.3 is 0 Å². The molecule has 0 atom stereocenters. The molecular formula is C4H9NO3S2. The van der Waals surface area contributed by atoms with Gasteiger partial charge < -0.3 is 0 Å². The van der Waals surface area contributed by atoms with Gasteiger partial charge in [-0.15, -0.1) is 0 Å². The van der Waals surface area contributed by atoms with Crippen LogP contribution in [0, 0.1) is 0 Å². The Morgan fingerprint density at radius 1 is 1.60 bits per heavy atom. The largest absolute Gasteiger partial charge is 0.288 e. The molecule has 0 spiro atoms. The molecule has 10 heavy (non-hydrogen) atoms. The Balaban J connectivity index is 3.49. The van der Waals surface area contributed by atoms with E-state index in [2.05, 4.69) is 4.72 Å². The highest BCUT2D eigenvalue weighted by molar-refractivity contribution is 8.13. The summed E-state index contributed by atoms with van der Waals surface area (Å²) >= 11 is 0.929. The second-order valence-corrected chi connectivity index (χ2v) is 4.68. The summed E-state index contributed by atoms with van der Waals surface area (Å²) < 4.78 is 22.9. The van der Waals surface area contributed by atoms with Crippen LogP contribution in [0.4, 0.5) is 0 Å². The average molecular weight is 183 g/mol. The first-order valence-corrected chi connectivity index (χ1v) is 5.37. The van der Waals surface area contributed by atoms with Crippen molar-refractivity contribution < 1.29 is 13.2 Å². The van der Waals surface area contributed by atoms with Gasteiger partial charge in [0.15, 0.2) is 5.12 Å². The van der Waals surface area contributed by atoms with Crippen LogP contribution in [0.1, 0.15) is 6.92 Å². The number of carbonyl (C=O) groups excluding carboxylic acids is 1. The molecule has 0 aromatic carbocycles. The van der Waals surface area contributed by atoms with Gasteiger partial charge in [-0.3, -0.25) is 4.79 Å². The molecule has 0 amide bonds. The normalized spacial score (nSPS) is 11.4. The Hall–Kier alpha value is -0.0700. The lowest BCUT2D eigenvalue weighted by atomic mass is 10.9. The van der Waals surface area contributed by atoms with E-state index in [1.54, 1.807) is 0 Å². The van der Waals surface area contributed by atoms with Gasteiger partial charge in [0.2, 0.25) is 10.0 Å². The van der Waals surface area contributed by atoms with E-state index in [0.717, 1.165) is 18.0 Å². The van der Waals surface area contributed by atoms with Gasteiger partial charge in [-0.2, -0.15) is 0 Å². The SMILES string of the molecule is CC(=O)SCNS(C)(=O)=O. The molecule has 0 heterocycles. The molecule has 4 nitrogen and oxygen atoms in total. The summed E-state index contributed by atoms with van der Waals surface area (Å²) in [5.74, 6) is 0.119. The molecule has 6 heteroatoms. The number of carbonyl (C=O) groups is 1. The van der Waals surface area contributed by atoms with Gasteiger partial charge in [0.25, 0.3) is 0 Å². The molecule has 0 fully saturated rings. The zero-order valence-corrected chi connectivity index (χ0v) is 7.38. The summed E-state index contributed by atoms with van der Waals surface area (Å²) in [5, 5.41) is -0.101. The molecule has 1 N–H and O–H groups in total. The molecule has 0 radical (unpaired) electrons. The number of thioether (sulfide) groups is 1. The van der Waals surface area contributed by atoms with E-state index in [4.69, 9.17) is 0 Å². The second-order valence-electron chi connectivity index (χ2n) is 1.70. The summed E-state index contributed by atoms with van der Waals surface area (Å²) in [6, 6.07) is 0. The molecular weight excluding hydrogens is 174 g/mol. The van der Waals surface area contributed by atoms with Crippen LogP contribution < -0.4 is 4.72 Å². The van der Waals surface area contributed by atoms with Crippen molar-refractivity contribution in [1.29, 1.82) is 0 Å². The highest BCUT2D eigenvalue weighted by Crippen LogP contribution is 1.97. The van der Waals surface area contributed by atoms with Crippen LogP contribution in [-0.4, -0.2) is 25.7 Å². The molecule has 0 aromatic rings. The van der Waals surface area contributed by atoms with Crippen LogP contribution in [-0.2, 0) is 14.8 Å². The highest BCUT2D eigenvalue weighted by Gasteiger charge is 1.99. The Morgan fingerprint density at radius 3 is 2.40 bits per heavy atom. The van der Waals surface area contributed by atoms with Crippen LogP contribution in [0.3, 0.4) is 0 Å². The molecule has 0 bridgehead atoms. The van der Waals surface area contributed by atoms with Gasteiger partial charge in [0, 0.05) is 6.92 Å². The van der Waals surface area contributed by atoms with Crippen molar-refractivity contribution in [2.24, 2.45) is 0 Å². The predicted octanol–water partition coefficient (Wildman–Crippen LogP) is -0.227. The van der Waals surface area contributed by atoms with Gasteiger partial charge in [-0.1, -0.05) is 11.8 Å². The third-order valence-electron chi connectivity index (χ3n) is 0.597. The van der Waals surface area contributed by atoms with Crippen molar-refractivity contribution in [3.05, 3.63) is 0 Å². The monoisotopic (exact) mass is 183 g/mol. The van der Waals surface area contributed by atoms with Crippen molar-refractivity contribution in [3.63, 3.8) is 0 Å². The van der Waals surface area contributed by atoms with E-state index in [9.17, 15) is 13.2 Å². The Morgan fingerprint density at radius 2 is 2.10 bits per heavy atom. The lowest BCUT2D eigenvalue weighted by molar-refractivity contribution is -0.109. The van der Waals surface area contributed by atoms with E-state index < -0.39 is 10.0 Å². The van der Waals surface area contributed by atoms with Gasteiger partial charge in [0.05, 0.1) is 12.1 Å². The fraction of sp³-hybridized carbons (Fsp3) is 0.750. The molecule has 0 rings (SSSR count). The fourth-order valence-electron chi connectivity index (χ4n) is 0.238. The van der Waals surface area contributed by atoms with Gasteiger partial charge in [0.1, 0.15) is 0 Å². The van der Waals surface area contributed by atoms with Crippen LogP contribution in [0.5, 0.6) is 0 Å². The molecule has 0 aliphatic rings. The molecule has 0 saturated carbocycles. The summed E-state index contributed by atoms with van der Waals surface area (Å²) in [6.45, 7) is 1.38. The summed E-state index contributed by atoms with van der Waals surface area (Å²) in [7, 11) is -3.14. The zero-order chi connectivity index (χ0) is 8.20. The van der Waals surface area contributed by atoms with Crippen LogP contribution >= 0.6 is 11.8 Å². The maximum Gasteiger partial charge on any atom is 0.209 e. The van der Waals surface area contributed by atoms with Crippen molar-refractivity contribution in [2.45, 2.75) is 6.92 Å². The van der Waals surface area contributed by atoms with Crippen LogP contribution in [0.15, 0.2) is 0 Å². The zero-order valence-electron chi connectivity index (χ0n) is 5.75. The smallest absolute Gasteiger partial charge is 0.209 e. The minimum Gasteiger partial charge on any atom is -0.288 e. The highest BCUT2D eigenvalue weighted by atomic mass is 32.2. The molecule has 0 aromatic heterocycles. The van der Waals surface area contributed by atoms with Gasteiger partial charge in [-0.25, -0.2) is 13.1 Å². The minimum absolute atomic E-state index is 0.101. The van der Waals surface area contributed by atoms with Crippen molar-refractivity contribution in [3.8, 4) is 0 Å².